The van der Waals surface area contributed by atoms with Gasteiger partial charge in [0, 0.05) is 12.5 Å². The minimum Gasteiger partial charge on any atom is -0.352 e. The number of hydrogen-bond acceptors (Lipinski definition) is 1. The van der Waals surface area contributed by atoms with E-state index in [0.717, 1.165) is 5.57 Å². The molecule has 0 unspecified atom stereocenters. The normalized spacial score (nSPS) is 11.2. The molecule has 0 saturated carbocycles. The maximum absolute atomic E-state index is 11.2. The highest BCUT2D eigenvalue weighted by molar-refractivity contribution is 5.78. The van der Waals surface area contributed by atoms with Crippen LogP contribution in [0.15, 0.2) is 37.0 Å². The highest BCUT2D eigenvalue weighted by atomic mass is 16.1. The standard InChI is InChI=1S/C11H17NO/c1-5-7-10(6-2)8-12-11(13)9(3)4/h5-7,9H,1-2,8H2,3-4H3,(H,12,13)/b10-7+. The van der Waals surface area contributed by atoms with E-state index in [-0.39, 0.29) is 11.8 Å². The van der Waals surface area contributed by atoms with E-state index < -0.39 is 0 Å². The highest BCUT2D eigenvalue weighted by Crippen LogP contribution is 1.96. The summed E-state index contributed by atoms with van der Waals surface area (Å²) >= 11 is 0. The number of hydrogen-bond donors (Lipinski definition) is 1. The van der Waals surface area contributed by atoms with Gasteiger partial charge in [-0.1, -0.05) is 45.2 Å². The maximum Gasteiger partial charge on any atom is 0.222 e. The summed E-state index contributed by atoms with van der Waals surface area (Å²) in [4.78, 5) is 11.2. The fraction of sp³-hybridized carbons (Fsp3) is 0.364. The Labute approximate surface area is 80.0 Å². The van der Waals surface area contributed by atoms with E-state index in [4.69, 9.17) is 0 Å². The van der Waals surface area contributed by atoms with Crippen LogP contribution in [-0.4, -0.2) is 12.5 Å². The van der Waals surface area contributed by atoms with Gasteiger partial charge < -0.3 is 5.32 Å². The molecule has 0 saturated heterocycles. The van der Waals surface area contributed by atoms with Gasteiger partial charge in [0.25, 0.3) is 0 Å². The molecule has 2 heteroatoms. The quantitative estimate of drug-likeness (QED) is 0.643. The first-order chi connectivity index (χ1) is 6.11. The molecule has 0 radical (unpaired) electrons. The van der Waals surface area contributed by atoms with Crippen molar-refractivity contribution in [2.45, 2.75) is 13.8 Å². The van der Waals surface area contributed by atoms with Crippen LogP contribution in [-0.2, 0) is 4.79 Å². The van der Waals surface area contributed by atoms with Gasteiger partial charge in [0.2, 0.25) is 5.91 Å². The van der Waals surface area contributed by atoms with Crippen LogP contribution in [0.3, 0.4) is 0 Å². The number of allylic oxidation sites excluding steroid dienone is 2. The first-order valence-electron chi connectivity index (χ1n) is 4.33. The summed E-state index contributed by atoms with van der Waals surface area (Å²) in [6, 6.07) is 0. The summed E-state index contributed by atoms with van der Waals surface area (Å²) in [5, 5.41) is 2.79. The lowest BCUT2D eigenvalue weighted by Gasteiger charge is -2.07. The second-order valence-corrected chi connectivity index (χ2v) is 3.05. The third-order valence-corrected chi connectivity index (χ3v) is 1.59. The summed E-state index contributed by atoms with van der Waals surface area (Å²) in [6.07, 6.45) is 5.22. The summed E-state index contributed by atoms with van der Waals surface area (Å²) in [7, 11) is 0. The molecule has 0 aromatic carbocycles. The van der Waals surface area contributed by atoms with Crippen molar-refractivity contribution in [3.63, 3.8) is 0 Å². The first-order valence-corrected chi connectivity index (χ1v) is 4.33. The zero-order valence-electron chi connectivity index (χ0n) is 8.34. The molecule has 0 rings (SSSR count). The number of rotatable bonds is 5. The fourth-order valence-electron chi connectivity index (χ4n) is 0.744. The van der Waals surface area contributed by atoms with E-state index in [9.17, 15) is 4.79 Å². The predicted octanol–water partition coefficient (Wildman–Crippen LogP) is 2.06. The molecule has 1 N–H and O–H groups in total. The number of nitrogens with one attached hydrogen (secondary N) is 1. The Kier molecular flexibility index (Phi) is 5.60. The summed E-state index contributed by atoms with van der Waals surface area (Å²) in [5.41, 5.74) is 0.962. The van der Waals surface area contributed by atoms with Crippen molar-refractivity contribution in [3.8, 4) is 0 Å². The molecular weight excluding hydrogens is 162 g/mol. The van der Waals surface area contributed by atoms with Crippen molar-refractivity contribution >= 4 is 5.91 Å². The Morgan fingerprint density at radius 2 is 2.08 bits per heavy atom. The van der Waals surface area contributed by atoms with Crippen LogP contribution in [0.2, 0.25) is 0 Å². The molecule has 0 heterocycles. The van der Waals surface area contributed by atoms with Crippen molar-refractivity contribution in [2.24, 2.45) is 5.92 Å². The molecule has 0 aromatic rings. The van der Waals surface area contributed by atoms with E-state index in [1.165, 1.54) is 0 Å². The molecule has 0 aromatic heterocycles. The van der Waals surface area contributed by atoms with E-state index >= 15 is 0 Å². The van der Waals surface area contributed by atoms with Gasteiger partial charge in [0.1, 0.15) is 0 Å². The SMILES string of the molecule is C=C/C=C(\C=C)CNC(=O)C(C)C. The number of amides is 1. The third kappa shape index (κ3) is 5.01. The molecule has 0 aliphatic carbocycles. The number of carbonyl (C=O) groups excluding carboxylic acids is 1. The summed E-state index contributed by atoms with van der Waals surface area (Å²) in [6.45, 7) is 11.5. The van der Waals surface area contributed by atoms with Crippen LogP contribution < -0.4 is 5.32 Å². The largest absolute Gasteiger partial charge is 0.352 e. The Hall–Kier alpha value is -1.31. The average molecular weight is 179 g/mol. The zero-order chi connectivity index (χ0) is 10.3. The maximum atomic E-state index is 11.2. The Balaban J connectivity index is 3.99. The zero-order valence-corrected chi connectivity index (χ0v) is 8.34. The molecule has 0 atom stereocenters. The van der Waals surface area contributed by atoms with Gasteiger partial charge in [-0.2, -0.15) is 0 Å². The molecule has 13 heavy (non-hydrogen) atoms. The van der Waals surface area contributed by atoms with Gasteiger partial charge in [-0.05, 0) is 5.57 Å². The summed E-state index contributed by atoms with van der Waals surface area (Å²) < 4.78 is 0. The smallest absolute Gasteiger partial charge is 0.222 e. The molecule has 0 bridgehead atoms. The molecule has 1 amide bonds. The highest BCUT2D eigenvalue weighted by Gasteiger charge is 2.04. The second-order valence-electron chi connectivity index (χ2n) is 3.05. The van der Waals surface area contributed by atoms with Crippen molar-refractivity contribution in [1.29, 1.82) is 0 Å². The monoisotopic (exact) mass is 179 g/mol. The van der Waals surface area contributed by atoms with Gasteiger partial charge in [0.15, 0.2) is 0 Å². The molecular formula is C11H17NO. The van der Waals surface area contributed by atoms with Crippen LogP contribution in [0.5, 0.6) is 0 Å². The van der Waals surface area contributed by atoms with Crippen molar-refractivity contribution in [3.05, 3.63) is 37.0 Å². The van der Waals surface area contributed by atoms with Crippen molar-refractivity contribution in [1.82, 2.24) is 5.32 Å². The van der Waals surface area contributed by atoms with E-state index in [1.807, 2.05) is 19.9 Å². The van der Waals surface area contributed by atoms with Crippen LogP contribution in [0.1, 0.15) is 13.8 Å². The minimum absolute atomic E-state index is 0.0230. The molecule has 2 nitrogen and oxygen atoms in total. The van der Waals surface area contributed by atoms with Crippen LogP contribution in [0.4, 0.5) is 0 Å². The van der Waals surface area contributed by atoms with Gasteiger partial charge in [0.05, 0.1) is 0 Å². The van der Waals surface area contributed by atoms with Crippen LogP contribution in [0, 0.1) is 5.92 Å². The lowest BCUT2D eigenvalue weighted by molar-refractivity contribution is -0.123. The first kappa shape index (κ1) is 11.7. The summed E-state index contributed by atoms with van der Waals surface area (Å²) in [5.74, 6) is 0.0756. The minimum atomic E-state index is 0.0230. The van der Waals surface area contributed by atoms with E-state index in [0.29, 0.717) is 6.54 Å². The molecule has 0 aliphatic heterocycles. The Morgan fingerprint density at radius 3 is 2.46 bits per heavy atom. The lowest BCUT2D eigenvalue weighted by atomic mass is 10.2. The lowest BCUT2D eigenvalue weighted by Crippen LogP contribution is -2.29. The van der Waals surface area contributed by atoms with Gasteiger partial charge in [-0.3, -0.25) is 4.79 Å². The predicted molar refractivity (Wildman–Crippen MR) is 56.3 cm³/mol. The van der Waals surface area contributed by atoms with Gasteiger partial charge >= 0.3 is 0 Å². The molecule has 0 spiro atoms. The van der Waals surface area contributed by atoms with Gasteiger partial charge in [-0.25, -0.2) is 0 Å². The van der Waals surface area contributed by atoms with Crippen LogP contribution in [0.25, 0.3) is 0 Å². The molecule has 0 aliphatic rings. The molecule has 72 valence electrons. The van der Waals surface area contributed by atoms with E-state index in [2.05, 4.69) is 18.5 Å². The topological polar surface area (TPSA) is 29.1 Å². The van der Waals surface area contributed by atoms with Crippen molar-refractivity contribution in [2.75, 3.05) is 6.54 Å². The van der Waals surface area contributed by atoms with E-state index in [1.54, 1.807) is 12.2 Å². The Morgan fingerprint density at radius 1 is 1.46 bits per heavy atom. The second kappa shape index (κ2) is 6.23. The van der Waals surface area contributed by atoms with Gasteiger partial charge in [-0.15, -0.1) is 0 Å². The third-order valence-electron chi connectivity index (χ3n) is 1.59. The fourth-order valence-corrected chi connectivity index (χ4v) is 0.744. The Bertz CT molecular complexity index is 226. The average Bonchev–Trinajstić information content (AvgIpc) is 2.11. The number of carbonyl (C=O) groups is 1. The van der Waals surface area contributed by atoms with Crippen molar-refractivity contribution < 1.29 is 4.79 Å². The molecule has 0 fully saturated rings. The van der Waals surface area contributed by atoms with Crippen LogP contribution >= 0.6 is 0 Å².